The molecule has 0 bridgehead atoms. The molecule has 9 heteroatoms. The molecule has 2 heterocycles. The van der Waals surface area contributed by atoms with E-state index in [9.17, 15) is 9.59 Å². The van der Waals surface area contributed by atoms with E-state index in [2.05, 4.69) is 9.80 Å². The van der Waals surface area contributed by atoms with Crippen LogP contribution < -0.4 is 15.2 Å². The Kier molecular flexibility index (Phi) is 10.2. The standard InChI is InChI=1S/C33H43Cl2N3O4/c1-23(42-31(40)33(5,6)32(2,3)4)38-28-22-25(14-12-24(28)13-15-29(38)39)41-21-8-7-16-36-17-19-37(20-18-36)27-11-9-10-26(34)30(27)35/h9-15,22-23H,7-8,16-21H2,1-6H3. The molecule has 4 rings (SSSR count). The molecule has 1 aliphatic heterocycles. The third kappa shape index (κ3) is 7.24. The molecule has 1 fully saturated rings. The number of ether oxygens (including phenoxy) is 2. The van der Waals surface area contributed by atoms with Crippen molar-refractivity contribution in [1.29, 1.82) is 0 Å². The summed E-state index contributed by atoms with van der Waals surface area (Å²) in [7, 11) is 0. The van der Waals surface area contributed by atoms with Gasteiger partial charge < -0.3 is 14.4 Å². The molecule has 0 N–H and O–H groups in total. The first-order valence-electron chi connectivity index (χ1n) is 14.7. The molecule has 0 saturated carbocycles. The zero-order valence-electron chi connectivity index (χ0n) is 25.6. The van der Waals surface area contributed by atoms with E-state index in [4.69, 9.17) is 32.7 Å². The smallest absolute Gasteiger partial charge is 0.313 e. The third-order valence-corrected chi connectivity index (χ3v) is 9.52. The largest absolute Gasteiger partial charge is 0.494 e. The number of hydrogen-bond donors (Lipinski definition) is 0. The highest BCUT2D eigenvalue weighted by molar-refractivity contribution is 6.43. The molecule has 0 radical (unpaired) electrons. The van der Waals surface area contributed by atoms with Crippen molar-refractivity contribution < 1.29 is 14.3 Å². The van der Waals surface area contributed by atoms with Gasteiger partial charge in [-0.2, -0.15) is 0 Å². The van der Waals surface area contributed by atoms with E-state index in [1.165, 1.54) is 10.6 Å². The maximum absolute atomic E-state index is 13.1. The molecule has 42 heavy (non-hydrogen) atoms. The number of anilines is 1. The first kappa shape index (κ1) is 32.2. The monoisotopic (exact) mass is 615 g/mol. The Morgan fingerprint density at radius 3 is 2.33 bits per heavy atom. The number of piperazine rings is 1. The van der Waals surface area contributed by atoms with Gasteiger partial charge in [-0.1, -0.05) is 50.0 Å². The molecule has 0 aliphatic carbocycles. The van der Waals surface area contributed by atoms with Crippen LogP contribution in [0.2, 0.25) is 10.0 Å². The first-order valence-corrected chi connectivity index (χ1v) is 15.5. The normalized spacial score (nSPS) is 15.6. The Hall–Kier alpha value is -2.74. The van der Waals surface area contributed by atoms with Gasteiger partial charge in [0.1, 0.15) is 5.75 Å². The van der Waals surface area contributed by atoms with Crippen molar-refractivity contribution in [2.24, 2.45) is 10.8 Å². The molecule has 0 amide bonds. The highest BCUT2D eigenvalue weighted by atomic mass is 35.5. The topological polar surface area (TPSA) is 64.0 Å². The van der Waals surface area contributed by atoms with Crippen LogP contribution in [-0.2, 0) is 9.53 Å². The van der Waals surface area contributed by atoms with Crippen molar-refractivity contribution >= 4 is 45.8 Å². The van der Waals surface area contributed by atoms with Gasteiger partial charge in [0.05, 0.1) is 33.3 Å². The Labute approximate surface area is 259 Å². The fourth-order valence-corrected chi connectivity index (χ4v) is 5.35. The Morgan fingerprint density at radius 1 is 0.952 bits per heavy atom. The Bertz CT molecular complexity index is 1460. The fraction of sp³-hybridized carbons (Fsp3) is 0.515. The summed E-state index contributed by atoms with van der Waals surface area (Å²) in [5, 5.41) is 2.08. The van der Waals surface area contributed by atoms with Crippen LogP contribution in [0.5, 0.6) is 5.75 Å². The van der Waals surface area contributed by atoms with Crippen molar-refractivity contribution in [3.63, 3.8) is 0 Å². The molecule has 228 valence electrons. The number of halogens is 2. The van der Waals surface area contributed by atoms with Gasteiger partial charge in [-0.15, -0.1) is 0 Å². The van der Waals surface area contributed by atoms with Crippen molar-refractivity contribution in [2.45, 2.75) is 60.6 Å². The van der Waals surface area contributed by atoms with E-state index in [1.54, 1.807) is 13.0 Å². The quantitative estimate of drug-likeness (QED) is 0.175. The minimum absolute atomic E-state index is 0.230. The molecule has 0 spiro atoms. The molecule has 7 nitrogen and oxygen atoms in total. The minimum atomic E-state index is -0.763. The van der Waals surface area contributed by atoms with Gasteiger partial charge in [-0.25, -0.2) is 0 Å². The number of unbranched alkanes of at least 4 members (excludes halogenated alkanes) is 1. The number of aromatic nitrogens is 1. The van der Waals surface area contributed by atoms with Crippen molar-refractivity contribution in [1.82, 2.24) is 9.47 Å². The molecule has 1 aliphatic rings. The highest BCUT2D eigenvalue weighted by Crippen LogP contribution is 2.40. The Morgan fingerprint density at radius 2 is 1.64 bits per heavy atom. The van der Waals surface area contributed by atoms with Gasteiger partial charge in [0.2, 0.25) is 0 Å². The number of rotatable bonds is 10. The second-order valence-electron chi connectivity index (χ2n) is 12.6. The van der Waals surface area contributed by atoms with E-state index < -0.39 is 11.6 Å². The molecule has 1 unspecified atom stereocenters. The van der Waals surface area contributed by atoms with Crippen LogP contribution in [0.4, 0.5) is 5.69 Å². The zero-order valence-corrected chi connectivity index (χ0v) is 27.1. The van der Waals surface area contributed by atoms with Crippen LogP contribution in [-0.4, -0.2) is 54.8 Å². The molecule has 1 saturated heterocycles. The molecule has 2 aromatic carbocycles. The summed E-state index contributed by atoms with van der Waals surface area (Å²) in [5.74, 6) is 0.343. The zero-order chi connectivity index (χ0) is 30.7. The number of esters is 1. The number of pyridine rings is 1. The lowest BCUT2D eigenvalue weighted by Gasteiger charge is -2.37. The van der Waals surface area contributed by atoms with Crippen molar-refractivity contribution in [3.8, 4) is 5.75 Å². The highest BCUT2D eigenvalue weighted by Gasteiger charge is 2.42. The lowest BCUT2D eigenvalue weighted by Crippen LogP contribution is -2.46. The average molecular weight is 617 g/mol. The average Bonchev–Trinajstić information content (AvgIpc) is 2.94. The molecular formula is C33H43Cl2N3O4. The summed E-state index contributed by atoms with van der Waals surface area (Å²) in [6, 6.07) is 14.8. The van der Waals surface area contributed by atoms with Gasteiger partial charge in [0, 0.05) is 38.3 Å². The van der Waals surface area contributed by atoms with Gasteiger partial charge in [0.25, 0.3) is 5.56 Å². The number of benzene rings is 2. The number of nitrogens with zero attached hydrogens (tertiary/aromatic N) is 3. The SMILES string of the molecule is CC(OC(=O)C(C)(C)C(C)(C)C)n1c(=O)ccc2ccc(OCCCCN3CCN(c4cccc(Cl)c4Cl)CC3)cc21. The maximum atomic E-state index is 13.1. The second kappa shape index (κ2) is 13.3. The van der Waals surface area contributed by atoms with E-state index in [-0.39, 0.29) is 16.9 Å². The number of fused-ring (bicyclic) bond motifs is 1. The van der Waals surface area contributed by atoms with Crippen molar-refractivity contribution in [2.75, 3.05) is 44.2 Å². The summed E-state index contributed by atoms with van der Waals surface area (Å²) >= 11 is 12.6. The van der Waals surface area contributed by atoms with Crippen LogP contribution >= 0.6 is 23.2 Å². The summed E-state index contributed by atoms with van der Waals surface area (Å²) in [4.78, 5) is 30.7. The Balaban J connectivity index is 1.30. The van der Waals surface area contributed by atoms with E-state index in [0.717, 1.165) is 56.6 Å². The molecular weight excluding hydrogens is 573 g/mol. The lowest BCUT2D eigenvalue weighted by molar-refractivity contribution is -0.169. The van der Waals surface area contributed by atoms with Gasteiger partial charge in [-0.05, 0) is 81.3 Å². The minimum Gasteiger partial charge on any atom is -0.494 e. The van der Waals surface area contributed by atoms with E-state index >= 15 is 0 Å². The van der Waals surface area contributed by atoms with E-state index in [0.29, 0.717) is 27.9 Å². The van der Waals surface area contributed by atoms with Crippen LogP contribution in [0, 0.1) is 10.8 Å². The molecule has 3 aromatic rings. The second-order valence-corrected chi connectivity index (χ2v) is 13.4. The summed E-state index contributed by atoms with van der Waals surface area (Å²) in [5.41, 5.74) is 0.423. The van der Waals surface area contributed by atoms with E-state index in [1.807, 2.05) is 71.0 Å². The van der Waals surface area contributed by atoms with Crippen molar-refractivity contribution in [3.05, 3.63) is 68.9 Å². The predicted octanol–water partition coefficient (Wildman–Crippen LogP) is 7.42. The van der Waals surface area contributed by atoms with Gasteiger partial charge in [-0.3, -0.25) is 19.1 Å². The maximum Gasteiger partial charge on any atom is 0.313 e. The van der Waals surface area contributed by atoms with Crippen LogP contribution in [0.3, 0.4) is 0 Å². The van der Waals surface area contributed by atoms with Crippen LogP contribution in [0.25, 0.3) is 10.9 Å². The fourth-order valence-electron chi connectivity index (χ4n) is 4.94. The molecule has 1 aromatic heterocycles. The third-order valence-electron chi connectivity index (χ3n) is 8.71. The summed E-state index contributed by atoms with van der Waals surface area (Å²) < 4.78 is 13.4. The lowest BCUT2D eigenvalue weighted by atomic mass is 9.69. The number of carbonyl (C=O) groups is 1. The summed E-state index contributed by atoms with van der Waals surface area (Å²) in [6.45, 7) is 16.8. The van der Waals surface area contributed by atoms with Gasteiger partial charge in [0.15, 0.2) is 6.23 Å². The first-order chi connectivity index (χ1) is 19.8. The van der Waals surface area contributed by atoms with Gasteiger partial charge >= 0.3 is 5.97 Å². The van der Waals surface area contributed by atoms with Crippen LogP contribution in [0.15, 0.2) is 53.3 Å². The number of carbonyl (C=O) groups excluding carboxylic acids is 1. The van der Waals surface area contributed by atoms with Crippen LogP contribution in [0.1, 0.15) is 60.6 Å². The summed E-state index contributed by atoms with van der Waals surface area (Å²) in [6.07, 6.45) is 1.17. The predicted molar refractivity (Wildman–Crippen MR) is 172 cm³/mol. The number of hydrogen-bond acceptors (Lipinski definition) is 6. The molecule has 1 atom stereocenters.